The van der Waals surface area contributed by atoms with E-state index in [1.54, 1.807) is 12.1 Å². The van der Waals surface area contributed by atoms with Crippen molar-refractivity contribution >= 4 is 46.2 Å². The maximum absolute atomic E-state index is 6.16. The van der Waals surface area contributed by atoms with Crippen LogP contribution in [0.3, 0.4) is 0 Å². The molecule has 0 aliphatic carbocycles. The lowest BCUT2D eigenvalue weighted by Crippen LogP contribution is -2.49. The highest BCUT2D eigenvalue weighted by Crippen LogP contribution is 2.28. The largest absolute Gasteiger partial charge is 0.344 e. The third-order valence-electron chi connectivity index (χ3n) is 3.60. The Kier molecular flexibility index (Phi) is 4.93. The summed E-state index contributed by atoms with van der Waals surface area (Å²) in [6.07, 6.45) is 3.63. The van der Waals surface area contributed by atoms with Gasteiger partial charge in [0.1, 0.15) is 0 Å². The molecule has 0 unspecified atom stereocenters. The fourth-order valence-electron chi connectivity index (χ4n) is 2.59. The van der Waals surface area contributed by atoms with E-state index in [0.717, 1.165) is 10.8 Å². The SMILES string of the molecule is C[C@@H]1CCC[C@@H](C)N1C(=S)Nc1ccc(Cl)cc1Cl. The van der Waals surface area contributed by atoms with E-state index >= 15 is 0 Å². The molecule has 1 fully saturated rings. The van der Waals surface area contributed by atoms with Crippen molar-refractivity contribution in [1.82, 2.24) is 4.90 Å². The van der Waals surface area contributed by atoms with Crippen molar-refractivity contribution in [3.63, 3.8) is 0 Å². The molecule has 5 heteroatoms. The van der Waals surface area contributed by atoms with E-state index < -0.39 is 0 Å². The zero-order valence-corrected chi connectivity index (χ0v) is 13.4. The molecule has 1 aliphatic heterocycles. The van der Waals surface area contributed by atoms with E-state index in [0.29, 0.717) is 22.1 Å². The fraction of sp³-hybridized carbons (Fsp3) is 0.500. The lowest BCUT2D eigenvalue weighted by molar-refractivity contribution is 0.194. The van der Waals surface area contributed by atoms with Crippen molar-refractivity contribution < 1.29 is 0 Å². The van der Waals surface area contributed by atoms with Crippen LogP contribution in [0.2, 0.25) is 10.0 Å². The maximum atomic E-state index is 6.16. The molecule has 0 spiro atoms. The highest BCUT2D eigenvalue weighted by Gasteiger charge is 2.26. The van der Waals surface area contributed by atoms with Gasteiger partial charge in [0.25, 0.3) is 0 Å². The molecule has 0 bridgehead atoms. The van der Waals surface area contributed by atoms with Crippen molar-refractivity contribution in [2.75, 3.05) is 5.32 Å². The van der Waals surface area contributed by atoms with E-state index in [2.05, 4.69) is 24.1 Å². The smallest absolute Gasteiger partial charge is 0.173 e. The highest BCUT2D eigenvalue weighted by molar-refractivity contribution is 7.80. The van der Waals surface area contributed by atoms with Crippen molar-refractivity contribution in [2.24, 2.45) is 0 Å². The number of anilines is 1. The minimum Gasteiger partial charge on any atom is -0.344 e. The van der Waals surface area contributed by atoms with Gasteiger partial charge in [-0.1, -0.05) is 23.2 Å². The molecule has 0 saturated carbocycles. The summed E-state index contributed by atoms with van der Waals surface area (Å²) in [7, 11) is 0. The Hall–Kier alpha value is -0.510. The maximum Gasteiger partial charge on any atom is 0.173 e. The van der Waals surface area contributed by atoms with Gasteiger partial charge < -0.3 is 10.2 Å². The number of benzene rings is 1. The van der Waals surface area contributed by atoms with Crippen molar-refractivity contribution in [3.05, 3.63) is 28.2 Å². The topological polar surface area (TPSA) is 15.3 Å². The summed E-state index contributed by atoms with van der Waals surface area (Å²) in [5.41, 5.74) is 0.807. The molecule has 2 rings (SSSR count). The number of nitrogens with one attached hydrogen (secondary N) is 1. The van der Waals surface area contributed by atoms with E-state index in [-0.39, 0.29) is 0 Å². The van der Waals surface area contributed by atoms with Crippen molar-refractivity contribution in [3.8, 4) is 0 Å². The standard InChI is InChI=1S/C14H18Cl2N2S/c1-9-4-3-5-10(2)18(9)14(19)17-13-7-6-11(15)8-12(13)16/h6-10H,3-5H2,1-2H3,(H,17,19)/t9-,10-/m1/s1. The van der Waals surface area contributed by atoms with Crippen LogP contribution in [-0.2, 0) is 0 Å². The number of thiocarbonyl (C=S) groups is 1. The van der Waals surface area contributed by atoms with Gasteiger partial charge in [-0.05, 0) is 63.5 Å². The Bertz CT molecular complexity index is 469. The van der Waals surface area contributed by atoms with Gasteiger partial charge in [-0.3, -0.25) is 0 Å². The minimum atomic E-state index is 0.467. The fourth-order valence-corrected chi connectivity index (χ4v) is 3.52. The van der Waals surface area contributed by atoms with Gasteiger partial charge in [0, 0.05) is 17.1 Å². The molecule has 1 N–H and O–H groups in total. The van der Waals surface area contributed by atoms with Crippen molar-refractivity contribution in [1.29, 1.82) is 0 Å². The van der Waals surface area contributed by atoms with Gasteiger partial charge in [0.2, 0.25) is 0 Å². The Balaban J connectivity index is 2.11. The summed E-state index contributed by atoms with van der Waals surface area (Å²) in [6, 6.07) is 6.32. The Morgan fingerprint density at radius 3 is 2.47 bits per heavy atom. The molecule has 0 radical (unpaired) electrons. The first-order chi connectivity index (χ1) is 8.99. The predicted octanol–water partition coefficient (Wildman–Crippen LogP) is 4.95. The summed E-state index contributed by atoms with van der Waals surface area (Å²) < 4.78 is 0. The molecule has 1 saturated heterocycles. The number of hydrogen-bond acceptors (Lipinski definition) is 1. The first kappa shape index (κ1) is 14.9. The van der Waals surface area contributed by atoms with E-state index in [9.17, 15) is 0 Å². The van der Waals surface area contributed by atoms with Crippen LogP contribution in [-0.4, -0.2) is 22.1 Å². The predicted molar refractivity (Wildman–Crippen MR) is 87.3 cm³/mol. The monoisotopic (exact) mass is 316 g/mol. The molecular weight excluding hydrogens is 299 g/mol. The number of hydrogen-bond donors (Lipinski definition) is 1. The van der Waals surface area contributed by atoms with Gasteiger partial charge in [-0.25, -0.2) is 0 Å². The molecule has 19 heavy (non-hydrogen) atoms. The normalized spacial score (nSPS) is 23.3. The third kappa shape index (κ3) is 3.53. The second-order valence-corrected chi connectivity index (χ2v) is 6.32. The van der Waals surface area contributed by atoms with E-state index in [1.807, 2.05) is 6.07 Å². The number of nitrogens with zero attached hydrogens (tertiary/aromatic N) is 1. The summed E-state index contributed by atoms with van der Waals surface area (Å²) >= 11 is 17.6. The van der Waals surface area contributed by atoms with Gasteiger partial charge in [0.15, 0.2) is 5.11 Å². The molecular formula is C14H18Cl2N2S. The van der Waals surface area contributed by atoms with E-state index in [1.165, 1.54) is 19.3 Å². The van der Waals surface area contributed by atoms with Gasteiger partial charge >= 0.3 is 0 Å². The first-order valence-electron chi connectivity index (χ1n) is 6.53. The highest BCUT2D eigenvalue weighted by atomic mass is 35.5. The minimum absolute atomic E-state index is 0.467. The van der Waals surface area contributed by atoms with E-state index in [4.69, 9.17) is 35.4 Å². The van der Waals surface area contributed by atoms with Gasteiger partial charge in [0.05, 0.1) is 10.7 Å². The van der Waals surface area contributed by atoms with Crippen LogP contribution < -0.4 is 5.32 Å². The molecule has 2 atom stereocenters. The average molecular weight is 317 g/mol. The second-order valence-electron chi connectivity index (χ2n) is 5.09. The molecule has 1 heterocycles. The lowest BCUT2D eigenvalue weighted by Gasteiger charge is -2.41. The molecule has 1 aromatic carbocycles. The summed E-state index contributed by atoms with van der Waals surface area (Å²) in [5, 5.41) is 5.19. The first-order valence-corrected chi connectivity index (χ1v) is 7.70. The van der Waals surface area contributed by atoms with Gasteiger partial charge in [-0.2, -0.15) is 0 Å². The summed E-state index contributed by atoms with van der Waals surface area (Å²) in [5.74, 6) is 0. The zero-order valence-electron chi connectivity index (χ0n) is 11.1. The van der Waals surface area contributed by atoms with Crippen LogP contribution in [0.4, 0.5) is 5.69 Å². The Labute approximate surface area is 130 Å². The molecule has 1 aromatic rings. The summed E-state index contributed by atoms with van der Waals surface area (Å²) in [6.45, 7) is 4.43. The quantitative estimate of drug-likeness (QED) is 0.738. The summed E-state index contributed by atoms with van der Waals surface area (Å²) in [4.78, 5) is 2.27. The zero-order chi connectivity index (χ0) is 14.0. The number of piperidine rings is 1. The number of halogens is 2. The average Bonchev–Trinajstić information content (AvgIpc) is 2.32. The molecule has 2 nitrogen and oxygen atoms in total. The Morgan fingerprint density at radius 1 is 1.26 bits per heavy atom. The molecule has 0 amide bonds. The second kappa shape index (κ2) is 6.29. The van der Waals surface area contributed by atoms with Crippen LogP contribution in [0.1, 0.15) is 33.1 Å². The van der Waals surface area contributed by atoms with Crippen LogP contribution >= 0.6 is 35.4 Å². The van der Waals surface area contributed by atoms with Crippen LogP contribution in [0.25, 0.3) is 0 Å². The van der Waals surface area contributed by atoms with Crippen LogP contribution in [0.5, 0.6) is 0 Å². The van der Waals surface area contributed by atoms with Crippen LogP contribution in [0.15, 0.2) is 18.2 Å². The number of rotatable bonds is 1. The van der Waals surface area contributed by atoms with Crippen LogP contribution in [0, 0.1) is 0 Å². The van der Waals surface area contributed by atoms with Gasteiger partial charge in [-0.15, -0.1) is 0 Å². The molecule has 0 aromatic heterocycles. The molecule has 1 aliphatic rings. The molecule has 104 valence electrons. The number of likely N-dealkylation sites (tertiary alicyclic amines) is 1. The third-order valence-corrected chi connectivity index (χ3v) is 4.46. The Morgan fingerprint density at radius 2 is 1.89 bits per heavy atom. The van der Waals surface area contributed by atoms with Crippen molar-refractivity contribution in [2.45, 2.75) is 45.2 Å². The lowest BCUT2D eigenvalue weighted by atomic mass is 9.98.